The van der Waals surface area contributed by atoms with Crippen LogP contribution in [0.15, 0.2) is 18.3 Å². The molecule has 0 aliphatic rings. The van der Waals surface area contributed by atoms with E-state index < -0.39 is 0 Å². The van der Waals surface area contributed by atoms with E-state index in [1.807, 2.05) is 12.3 Å². The molecule has 0 amide bonds. The van der Waals surface area contributed by atoms with Crippen LogP contribution in [0.5, 0.6) is 0 Å². The molecule has 0 bridgehead atoms. The van der Waals surface area contributed by atoms with Crippen molar-refractivity contribution in [2.75, 3.05) is 5.73 Å². The Bertz CT molecular complexity index is 503. The van der Waals surface area contributed by atoms with Crippen molar-refractivity contribution >= 4 is 11.3 Å². The molecule has 2 aromatic rings. The highest BCUT2D eigenvalue weighted by Gasteiger charge is 2.21. The van der Waals surface area contributed by atoms with Gasteiger partial charge < -0.3 is 10.1 Å². The zero-order valence-corrected chi connectivity index (χ0v) is 9.70. The maximum absolute atomic E-state index is 5.94. The van der Waals surface area contributed by atoms with Crippen molar-refractivity contribution in [3.63, 3.8) is 0 Å². The molecule has 2 rings (SSSR count). The zero-order chi connectivity index (χ0) is 11.2. The van der Waals surface area contributed by atoms with E-state index in [1.165, 1.54) is 0 Å². The second kappa shape index (κ2) is 2.99. The topological polar surface area (TPSA) is 43.3 Å². The summed E-state index contributed by atoms with van der Waals surface area (Å²) in [4.78, 5) is 4.46. The summed E-state index contributed by atoms with van der Waals surface area (Å²) in [5.41, 5.74) is 8.15. The van der Waals surface area contributed by atoms with Crippen molar-refractivity contribution in [2.45, 2.75) is 33.1 Å². The SMILES string of the molecule is Cc1cccn2c(C(C)(C)C)nc(N)c12. The molecule has 80 valence electrons. The van der Waals surface area contributed by atoms with Crippen molar-refractivity contribution < 1.29 is 0 Å². The summed E-state index contributed by atoms with van der Waals surface area (Å²) in [5, 5.41) is 0. The normalized spacial score (nSPS) is 12.3. The number of aromatic nitrogens is 2. The molecule has 0 radical (unpaired) electrons. The molecule has 0 spiro atoms. The molecular weight excluding hydrogens is 186 g/mol. The van der Waals surface area contributed by atoms with Crippen LogP contribution in [0.25, 0.3) is 5.52 Å². The third kappa shape index (κ3) is 1.48. The van der Waals surface area contributed by atoms with Crippen LogP contribution in [0, 0.1) is 6.92 Å². The summed E-state index contributed by atoms with van der Waals surface area (Å²) in [7, 11) is 0. The summed E-state index contributed by atoms with van der Waals surface area (Å²) in [6.45, 7) is 8.48. The number of nitrogens with two attached hydrogens (primary N) is 1. The van der Waals surface area contributed by atoms with Crippen molar-refractivity contribution in [2.24, 2.45) is 0 Å². The van der Waals surface area contributed by atoms with Gasteiger partial charge in [0.05, 0.1) is 5.52 Å². The van der Waals surface area contributed by atoms with Crippen molar-refractivity contribution in [1.82, 2.24) is 9.38 Å². The van der Waals surface area contributed by atoms with Gasteiger partial charge in [-0.05, 0) is 18.6 Å². The van der Waals surface area contributed by atoms with E-state index in [0.29, 0.717) is 5.82 Å². The average molecular weight is 203 g/mol. The lowest BCUT2D eigenvalue weighted by atomic mass is 9.96. The first-order chi connectivity index (χ1) is 6.91. The third-order valence-electron chi connectivity index (χ3n) is 2.56. The summed E-state index contributed by atoms with van der Waals surface area (Å²) in [6.07, 6.45) is 2.02. The van der Waals surface area contributed by atoms with Crippen molar-refractivity contribution in [3.05, 3.63) is 29.7 Å². The molecule has 0 atom stereocenters. The van der Waals surface area contributed by atoms with Gasteiger partial charge in [-0.1, -0.05) is 26.8 Å². The van der Waals surface area contributed by atoms with Crippen LogP contribution >= 0.6 is 0 Å². The Kier molecular flexibility index (Phi) is 2.00. The smallest absolute Gasteiger partial charge is 0.150 e. The molecule has 3 heteroatoms. The fourth-order valence-electron chi connectivity index (χ4n) is 1.87. The van der Waals surface area contributed by atoms with Crippen LogP contribution in [-0.2, 0) is 5.41 Å². The minimum Gasteiger partial charge on any atom is -0.382 e. The van der Waals surface area contributed by atoms with Gasteiger partial charge >= 0.3 is 0 Å². The Morgan fingerprint density at radius 1 is 1.33 bits per heavy atom. The highest BCUT2D eigenvalue weighted by Crippen LogP contribution is 2.27. The number of hydrogen-bond acceptors (Lipinski definition) is 2. The molecule has 0 saturated carbocycles. The number of nitrogen functional groups attached to an aromatic ring is 1. The fraction of sp³-hybridized carbons (Fsp3) is 0.417. The van der Waals surface area contributed by atoms with Gasteiger partial charge in [0.15, 0.2) is 0 Å². The van der Waals surface area contributed by atoms with Crippen LogP contribution in [0.3, 0.4) is 0 Å². The standard InChI is InChI=1S/C12H17N3/c1-8-6-5-7-15-9(8)10(13)14-11(15)12(2,3)4/h5-7H,13H2,1-4H3. The largest absolute Gasteiger partial charge is 0.382 e. The van der Waals surface area contributed by atoms with Crippen LogP contribution in [0.4, 0.5) is 5.82 Å². The number of fused-ring (bicyclic) bond motifs is 1. The van der Waals surface area contributed by atoms with Gasteiger partial charge in [-0.3, -0.25) is 0 Å². The molecule has 3 nitrogen and oxygen atoms in total. The second-order valence-corrected chi connectivity index (χ2v) is 4.98. The van der Waals surface area contributed by atoms with Gasteiger partial charge in [0.2, 0.25) is 0 Å². The summed E-state index contributed by atoms with van der Waals surface area (Å²) in [6, 6.07) is 4.08. The Morgan fingerprint density at radius 3 is 2.60 bits per heavy atom. The number of pyridine rings is 1. The van der Waals surface area contributed by atoms with E-state index in [4.69, 9.17) is 5.73 Å². The minimum atomic E-state index is 0.00826. The van der Waals surface area contributed by atoms with Gasteiger partial charge in [-0.2, -0.15) is 0 Å². The van der Waals surface area contributed by atoms with E-state index in [-0.39, 0.29) is 5.41 Å². The number of imidazole rings is 1. The van der Waals surface area contributed by atoms with E-state index in [2.05, 4.69) is 43.1 Å². The van der Waals surface area contributed by atoms with Gasteiger partial charge in [0.1, 0.15) is 11.6 Å². The lowest BCUT2D eigenvalue weighted by molar-refractivity contribution is 0.543. The molecule has 0 saturated heterocycles. The van der Waals surface area contributed by atoms with Crippen molar-refractivity contribution in [1.29, 1.82) is 0 Å². The molecule has 0 aliphatic heterocycles. The Balaban J connectivity index is 2.85. The van der Waals surface area contributed by atoms with Gasteiger partial charge in [-0.25, -0.2) is 4.98 Å². The predicted octanol–water partition coefficient (Wildman–Crippen LogP) is 2.52. The van der Waals surface area contributed by atoms with Gasteiger partial charge in [0, 0.05) is 11.6 Å². The van der Waals surface area contributed by atoms with E-state index in [9.17, 15) is 0 Å². The molecule has 0 aliphatic carbocycles. The molecule has 0 fully saturated rings. The molecule has 0 unspecified atom stereocenters. The van der Waals surface area contributed by atoms with E-state index in [0.717, 1.165) is 16.9 Å². The zero-order valence-electron chi connectivity index (χ0n) is 9.70. The number of aryl methyl sites for hydroxylation is 1. The summed E-state index contributed by atoms with van der Waals surface area (Å²) < 4.78 is 2.09. The summed E-state index contributed by atoms with van der Waals surface area (Å²) in [5.74, 6) is 1.64. The van der Waals surface area contributed by atoms with E-state index in [1.54, 1.807) is 0 Å². The number of nitrogens with zero attached hydrogens (tertiary/aromatic N) is 2. The predicted molar refractivity (Wildman–Crippen MR) is 63.0 cm³/mol. The number of anilines is 1. The first-order valence-corrected chi connectivity index (χ1v) is 5.15. The van der Waals surface area contributed by atoms with Gasteiger partial charge in [-0.15, -0.1) is 0 Å². The minimum absolute atomic E-state index is 0.00826. The number of hydrogen-bond donors (Lipinski definition) is 1. The van der Waals surface area contributed by atoms with Gasteiger partial charge in [0.25, 0.3) is 0 Å². The van der Waals surface area contributed by atoms with Crippen LogP contribution in [0.2, 0.25) is 0 Å². The maximum Gasteiger partial charge on any atom is 0.150 e. The first-order valence-electron chi connectivity index (χ1n) is 5.15. The molecule has 15 heavy (non-hydrogen) atoms. The summed E-state index contributed by atoms with van der Waals surface area (Å²) >= 11 is 0. The van der Waals surface area contributed by atoms with E-state index >= 15 is 0 Å². The second-order valence-electron chi connectivity index (χ2n) is 4.98. The lowest BCUT2D eigenvalue weighted by Gasteiger charge is -2.16. The Hall–Kier alpha value is -1.51. The third-order valence-corrected chi connectivity index (χ3v) is 2.56. The molecular formula is C12H17N3. The van der Waals surface area contributed by atoms with Crippen LogP contribution in [-0.4, -0.2) is 9.38 Å². The molecule has 2 N–H and O–H groups in total. The first kappa shape index (κ1) is 10.0. The Labute approximate surface area is 89.9 Å². The van der Waals surface area contributed by atoms with Crippen molar-refractivity contribution in [3.8, 4) is 0 Å². The fourth-order valence-corrected chi connectivity index (χ4v) is 1.87. The highest BCUT2D eigenvalue weighted by molar-refractivity contribution is 5.71. The monoisotopic (exact) mass is 203 g/mol. The number of rotatable bonds is 0. The van der Waals surface area contributed by atoms with Crippen LogP contribution < -0.4 is 5.73 Å². The molecule has 2 aromatic heterocycles. The lowest BCUT2D eigenvalue weighted by Crippen LogP contribution is -2.15. The van der Waals surface area contributed by atoms with Crippen LogP contribution in [0.1, 0.15) is 32.2 Å². The quantitative estimate of drug-likeness (QED) is 0.715. The maximum atomic E-state index is 5.94. The highest BCUT2D eigenvalue weighted by atomic mass is 15.1. The molecule has 0 aromatic carbocycles. The Morgan fingerprint density at radius 2 is 2.00 bits per heavy atom. The average Bonchev–Trinajstić information content (AvgIpc) is 2.44. The molecule has 2 heterocycles.